The maximum atomic E-state index is 12.6. The van der Waals surface area contributed by atoms with Crippen molar-refractivity contribution < 1.29 is 19.4 Å². The van der Waals surface area contributed by atoms with Crippen LogP contribution in [0.15, 0.2) is 36.4 Å². The first-order valence-corrected chi connectivity index (χ1v) is 8.65. The van der Waals surface area contributed by atoms with E-state index in [4.69, 9.17) is 21.1 Å². The van der Waals surface area contributed by atoms with Crippen LogP contribution in [0.2, 0.25) is 5.02 Å². The molecule has 0 unspecified atom stereocenters. The van der Waals surface area contributed by atoms with Crippen LogP contribution in [0.4, 0.5) is 5.69 Å². The van der Waals surface area contributed by atoms with Gasteiger partial charge in [-0.2, -0.15) is 0 Å². The lowest BCUT2D eigenvalue weighted by molar-refractivity contribution is 0.102. The fourth-order valence-corrected chi connectivity index (χ4v) is 2.97. The zero-order valence-corrected chi connectivity index (χ0v) is 14.7. The van der Waals surface area contributed by atoms with E-state index in [1.165, 1.54) is 0 Å². The fourth-order valence-electron chi connectivity index (χ4n) is 2.75. The molecule has 1 aliphatic heterocycles. The average Bonchev–Trinajstić information content (AvgIpc) is 2.61. The Kier molecular flexibility index (Phi) is 5.46. The Hall–Kier alpha value is -2.24. The molecule has 6 heteroatoms. The topological polar surface area (TPSA) is 67.8 Å². The van der Waals surface area contributed by atoms with Crippen LogP contribution in [0.5, 0.6) is 11.5 Å². The van der Waals surface area contributed by atoms with Crippen LogP contribution < -0.4 is 14.8 Å². The fraction of sp³-hybridized carbons (Fsp3) is 0.316. The van der Waals surface area contributed by atoms with Gasteiger partial charge in [0.25, 0.3) is 5.91 Å². The van der Waals surface area contributed by atoms with Crippen LogP contribution in [0.25, 0.3) is 0 Å². The quantitative estimate of drug-likeness (QED) is 0.837. The number of aliphatic hydroxyl groups excluding tert-OH is 1. The number of carbonyl (C=O) groups excluding carboxylic acids is 1. The van der Waals surface area contributed by atoms with Gasteiger partial charge in [-0.05, 0) is 24.6 Å². The molecule has 132 valence electrons. The SMILES string of the molecule is CCC[C@H](O)c1cc2c(cc1NC(=O)c1ccccc1Cl)OCCO2. The Balaban J connectivity index is 1.95. The standard InChI is InChI=1S/C19H20ClNO4/c1-2-5-16(22)13-10-17-18(25-9-8-24-17)11-15(13)21-19(23)12-6-3-4-7-14(12)20/h3-4,6-7,10-11,16,22H,2,5,8-9H2,1H3,(H,21,23)/t16-/m0/s1. The van der Waals surface area contributed by atoms with Crippen LogP contribution >= 0.6 is 11.6 Å². The summed E-state index contributed by atoms with van der Waals surface area (Å²) >= 11 is 6.10. The lowest BCUT2D eigenvalue weighted by Gasteiger charge is -2.23. The molecular weight excluding hydrogens is 342 g/mol. The van der Waals surface area contributed by atoms with Gasteiger partial charge < -0.3 is 19.9 Å². The van der Waals surface area contributed by atoms with E-state index in [1.807, 2.05) is 6.92 Å². The molecule has 1 heterocycles. The van der Waals surface area contributed by atoms with Crippen molar-refractivity contribution in [1.82, 2.24) is 0 Å². The van der Waals surface area contributed by atoms with Crippen molar-refractivity contribution in [3.05, 3.63) is 52.5 Å². The predicted molar refractivity (Wildman–Crippen MR) is 96.7 cm³/mol. The molecule has 1 atom stereocenters. The highest BCUT2D eigenvalue weighted by Crippen LogP contribution is 2.39. The van der Waals surface area contributed by atoms with Gasteiger partial charge in [0.15, 0.2) is 11.5 Å². The predicted octanol–water partition coefficient (Wildman–Crippen LogP) is 4.20. The number of aliphatic hydroxyl groups is 1. The maximum absolute atomic E-state index is 12.6. The number of fused-ring (bicyclic) bond motifs is 1. The van der Waals surface area contributed by atoms with Crippen LogP contribution in [0.3, 0.4) is 0 Å². The summed E-state index contributed by atoms with van der Waals surface area (Å²) in [5, 5.41) is 13.7. The second kappa shape index (κ2) is 7.76. The van der Waals surface area contributed by atoms with Crippen molar-refractivity contribution in [2.24, 2.45) is 0 Å². The van der Waals surface area contributed by atoms with Gasteiger partial charge in [-0.1, -0.05) is 37.1 Å². The molecule has 1 aliphatic rings. The second-order valence-electron chi connectivity index (χ2n) is 5.82. The molecule has 2 aromatic rings. The van der Waals surface area contributed by atoms with Crippen molar-refractivity contribution in [1.29, 1.82) is 0 Å². The summed E-state index contributed by atoms with van der Waals surface area (Å²) in [6.07, 6.45) is 0.685. The molecule has 0 aromatic heterocycles. The maximum Gasteiger partial charge on any atom is 0.257 e. The number of halogens is 1. The number of hydrogen-bond donors (Lipinski definition) is 2. The van der Waals surface area contributed by atoms with E-state index in [0.717, 1.165) is 6.42 Å². The average molecular weight is 362 g/mol. The molecule has 0 saturated carbocycles. The van der Waals surface area contributed by atoms with E-state index in [0.29, 0.717) is 53.0 Å². The molecule has 0 saturated heterocycles. The molecule has 25 heavy (non-hydrogen) atoms. The van der Waals surface area contributed by atoms with Crippen molar-refractivity contribution in [3.63, 3.8) is 0 Å². The van der Waals surface area contributed by atoms with Crippen molar-refractivity contribution in [2.75, 3.05) is 18.5 Å². The molecule has 5 nitrogen and oxygen atoms in total. The molecule has 0 aliphatic carbocycles. The highest BCUT2D eigenvalue weighted by Gasteiger charge is 2.21. The summed E-state index contributed by atoms with van der Waals surface area (Å²) in [4.78, 5) is 12.6. The summed E-state index contributed by atoms with van der Waals surface area (Å²) in [6.45, 7) is 2.90. The zero-order chi connectivity index (χ0) is 17.8. The van der Waals surface area contributed by atoms with Gasteiger partial charge in [0, 0.05) is 11.6 Å². The summed E-state index contributed by atoms with van der Waals surface area (Å²) in [6, 6.07) is 10.2. The Bertz CT molecular complexity index is 778. The molecular formula is C19H20ClNO4. The molecule has 0 bridgehead atoms. The van der Waals surface area contributed by atoms with E-state index < -0.39 is 6.10 Å². The highest BCUT2D eigenvalue weighted by molar-refractivity contribution is 6.34. The third-order valence-electron chi connectivity index (χ3n) is 4.00. The van der Waals surface area contributed by atoms with E-state index >= 15 is 0 Å². The summed E-state index contributed by atoms with van der Waals surface area (Å²) < 4.78 is 11.2. The van der Waals surface area contributed by atoms with Crippen LogP contribution in [0.1, 0.15) is 41.8 Å². The Morgan fingerprint density at radius 2 is 1.92 bits per heavy atom. The number of hydrogen-bond acceptors (Lipinski definition) is 4. The van der Waals surface area contributed by atoms with E-state index in [9.17, 15) is 9.90 Å². The van der Waals surface area contributed by atoms with Crippen molar-refractivity contribution in [3.8, 4) is 11.5 Å². The molecule has 3 rings (SSSR count). The van der Waals surface area contributed by atoms with Gasteiger partial charge >= 0.3 is 0 Å². The van der Waals surface area contributed by atoms with Gasteiger partial charge in [-0.15, -0.1) is 0 Å². The molecule has 2 aromatic carbocycles. The second-order valence-corrected chi connectivity index (χ2v) is 6.23. The summed E-state index contributed by atoms with van der Waals surface area (Å²) in [5.41, 5.74) is 1.47. The summed E-state index contributed by atoms with van der Waals surface area (Å²) in [7, 11) is 0. The number of benzene rings is 2. The van der Waals surface area contributed by atoms with Gasteiger partial charge in [0.2, 0.25) is 0 Å². The van der Waals surface area contributed by atoms with Crippen molar-refractivity contribution >= 4 is 23.2 Å². The molecule has 0 spiro atoms. The Labute approximate surface area is 151 Å². The number of ether oxygens (including phenoxy) is 2. The smallest absolute Gasteiger partial charge is 0.257 e. The largest absolute Gasteiger partial charge is 0.486 e. The minimum atomic E-state index is -0.706. The Morgan fingerprint density at radius 1 is 1.24 bits per heavy atom. The number of anilines is 1. The van der Waals surface area contributed by atoms with Crippen LogP contribution in [0, 0.1) is 0 Å². The van der Waals surface area contributed by atoms with Gasteiger partial charge in [-0.3, -0.25) is 4.79 Å². The minimum Gasteiger partial charge on any atom is -0.486 e. The number of amides is 1. The van der Waals surface area contributed by atoms with Gasteiger partial charge in [0.05, 0.1) is 22.4 Å². The lowest BCUT2D eigenvalue weighted by Crippen LogP contribution is -2.18. The van der Waals surface area contributed by atoms with Crippen LogP contribution in [-0.4, -0.2) is 24.2 Å². The zero-order valence-electron chi connectivity index (χ0n) is 13.9. The molecule has 2 N–H and O–H groups in total. The number of nitrogens with one attached hydrogen (secondary N) is 1. The number of carbonyl (C=O) groups is 1. The van der Waals surface area contributed by atoms with Crippen LogP contribution in [-0.2, 0) is 0 Å². The van der Waals surface area contributed by atoms with Crippen molar-refractivity contribution in [2.45, 2.75) is 25.9 Å². The first kappa shape index (κ1) is 17.6. The molecule has 0 radical (unpaired) electrons. The van der Waals surface area contributed by atoms with E-state index in [-0.39, 0.29) is 5.91 Å². The van der Waals surface area contributed by atoms with Gasteiger partial charge in [0.1, 0.15) is 13.2 Å². The minimum absolute atomic E-state index is 0.341. The monoisotopic (exact) mass is 361 g/mol. The lowest BCUT2D eigenvalue weighted by atomic mass is 10.0. The first-order valence-electron chi connectivity index (χ1n) is 8.27. The molecule has 1 amide bonds. The highest BCUT2D eigenvalue weighted by atomic mass is 35.5. The third kappa shape index (κ3) is 3.89. The third-order valence-corrected chi connectivity index (χ3v) is 4.33. The van der Waals surface area contributed by atoms with E-state index in [1.54, 1.807) is 36.4 Å². The summed E-state index contributed by atoms with van der Waals surface area (Å²) in [5.74, 6) is 0.785. The van der Waals surface area contributed by atoms with Gasteiger partial charge in [-0.25, -0.2) is 0 Å². The van der Waals surface area contributed by atoms with E-state index in [2.05, 4.69) is 5.32 Å². The first-order chi connectivity index (χ1) is 12.1. The normalized spacial score (nSPS) is 14.0. The number of rotatable bonds is 5. The Morgan fingerprint density at radius 3 is 2.60 bits per heavy atom. The molecule has 0 fully saturated rings.